The monoisotopic (exact) mass is 371 g/mol. The van der Waals surface area contributed by atoms with Crippen LogP contribution in [0.1, 0.15) is 5.56 Å². The van der Waals surface area contributed by atoms with Crippen molar-refractivity contribution >= 4 is 43.2 Å². The van der Waals surface area contributed by atoms with Gasteiger partial charge in [0.15, 0.2) is 0 Å². The Morgan fingerprint density at radius 2 is 2.05 bits per heavy atom. The molecular weight excluding hydrogens is 366 g/mol. The number of hydrogen-bond donors (Lipinski definition) is 1. The fraction of sp³-hybridized carbons (Fsp3) is 0. The van der Waals surface area contributed by atoms with Gasteiger partial charge in [-0.05, 0) is 30.3 Å². The molecule has 102 valence electrons. The molecule has 0 aliphatic heterocycles. The van der Waals surface area contributed by atoms with Crippen LogP contribution < -0.4 is 4.72 Å². The highest BCUT2D eigenvalue weighted by atomic mass is 79.9. The molecule has 1 heterocycles. The summed E-state index contributed by atoms with van der Waals surface area (Å²) in [6.45, 7) is 0. The van der Waals surface area contributed by atoms with E-state index in [9.17, 15) is 8.42 Å². The minimum Gasteiger partial charge on any atom is -0.278 e. The number of rotatable bonds is 3. The fourth-order valence-corrected chi connectivity index (χ4v) is 2.91. The van der Waals surface area contributed by atoms with Crippen molar-refractivity contribution in [3.05, 3.63) is 51.7 Å². The second kappa shape index (κ2) is 5.79. The molecule has 0 aliphatic carbocycles. The standard InChI is InChI=1S/C12H7BrClN3O2S/c13-9-2-1-8(6-15)11(5-9)17-20(18,19)10-3-4-12(14)16-7-10/h1-5,7,17H. The van der Waals surface area contributed by atoms with Gasteiger partial charge < -0.3 is 0 Å². The quantitative estimate of drug-likeness (QED) is 0.839. The van der Waals surface area contributed by atoms with E-state index in [0.717, 1.165) is 6.20 Å². The van der Waals surface area contributed by atoms with Gasteiger partial charge in [-0.3, -0.25) is 4.72 Å². The van der Waals surface area contributed by atoms with E-state index >= 15 is 0 Å². The van der Waals surface area contributed by atoms with Crippen molar-refractivity contribution in [3.63, 3.8) is 0 Å². The van der Waals surface area contributed by atoms with E-state index in [1.54, 1.807) is 6.07 Å². The predicted molar refractivity (Wildman–Crippen MR) is 78.9 cm³/mol. The molecule has 5 nitrogen and oxygen atoms in total. The fourth-order valence-electron chi connectivity index (χ4n) is 1.42. The summed E-state index contributed by atoms with van der Waals surface area (Å²) in [5.41, 5.74) is 0.413. The zero-order valence-electron chi connectivity index (χ0n) is 9.84. The third-order valence-corrected chi connectivity index (χ3v) is 4.42. The number of benzene rings is 1. The number of anilines is 1. The van der Waals surface area contributed by atoms with E-state index in [1.165, 1.54) is 24.3 Å². The third kappa shape index (κ3) is 3.28. The average molecular weight is 373 g/mol. The van der Waals surface area contributed by atoms with E-state index < -0.39 is 10.0 Å². The van der Waals surface area contributed by atoms with Gasteiger partial charge in [0.25, 0.3) is 10.0 Å². The largest absolute Gasteiger partial charge is 0.278 e. The number of hydrogen-bond acceptors (Lipinski definition) is 4. The summed E-state index contributed by atoms with van der Waals surface area (Å²) < 4.78 is 27.4. The molecule has 0 amide bonds. The van der Waals surface area contributed by atoms with E-state index in [2.05, 4.69) is 25.6 Å². The first-order valence-corrected chi connectivity index (χ1v) is 7.92. The summed E-state index contributed by atoms with van der Waals surface area (Å²) in [5, 5.41) is 9.18. The number of aromatic nitrogens is 1. The number of nitrogens with zero attached hydrogens (tertiary/aromatic N) is 2. The van der Waals surface area contributed by atoms with Gasteiger partial charge in [-0.15, -0.1) is 0 Å². The first-order chi connectivity index (χ1) is 9.42. The van der Waals surface area contributed by atoms with Gasteiger partial charge in [-0.25, -0.2) is 13.4 Å². The van der Waals surface area contributed by atoms with Crippen molar-refractivity contribution in [2.75, 3.05) is 4.72 Å². The molecule has 0 unspecified atom stereocenters. The average Bonchev–Trinajstić information content (AvgIpc) is 2.39. The van der Waals surface area contributed by atoms with Crippen LogP contribution in [0.15, 0.2) is 45.9 Å². The van der Waals surface area contributed by atoms with Crippen molar-refractivity contribution in [1.82, 2.24) is 4.98 Å². The van der Waals surface area contributed by atoms with Crippen molar-refractivity contribution < 1.29 is 8.42 Å². The molecule has 8 heteroatoms. The van der Waals surface area contributed by atoms with Gasteiger partial charge in [-0.1, -0.05) is 27.5 Å². The smallest absolute Gasteiger partial charge is 0.263 e. The minimum absolute atomic E-state index is 0.0363. The van der Waals surface area contributed by atoms with Gasteiger partial charge >= 0.3 is 0 Å². The third-order valence-electron chi connectivity index (χ3n) is 2.36. The molecule has 1 aromatic heterocycles. The lowest BCUT2D eigenvalue weighted by Crippen LogP contribution is -2.14. The van der Waals surface area contributed by atoms with Crippen LogP contribution in [-0.2, 0) is 10.0 Å². The summed E-state index contributed by atoms with van der Waals surface area (Å²) in [4.78, 5) is 3.68. The SMILES string of the molecule is N#Cc1ccc(Br)cc1NS(=O)(=O)c1ccc(Cl)nc1. The number of nitrogens with one attached hydrogen (secondary N) is 1. The van der Waals surface area contributed by atoms with E-state index in [1.807, 2.05) is 6.07 Å². The number of pyridine rings is 1. The predicted octanol–water partition coefficient (Wildman–Crippen LogP) is 3.17. The lowest BCUT2D eigenvalue weighted by Gasteiger charge is -2.09. The molecule has 0 fully saturated rings. The Kier molecular flexibility index (Phi) is 4.28. The molecule has 0 bridgehead atoms. The van der Waals surface area contributed by atoms with Gasteiger partial charge in [-0.2, -0.15) is 5.26 Å². The Labute approximate surface area is 129 Å². The second-order valence-electron chi connectivity index (χ2n) is 3.72. The van der Waals surface area contributed by atoms with Crippen LogP contribution in [-0.4, -0.2) is 13.4 Å². The lowest BCUT2D eigenvalue weighted by atomic mass is 10.2. The highest BCUT2D eigenvalue weighted by Gasteiger charge is 2.16. The highest BCUT2D eigenvalue weighted by molar-refractivity contribution is 9.10. The van der Waals surface area contributed by atoms with E-state index in [0.29, 0.717) is 4.47 Å². The van der Waals surface area contributed by atoms with Crippen molar-refractivity contribution in [3.8, 4) is 6.07 Å². The maximum Gasteiger partial charge on any atom is 0.263 e. The van der Waals surface area contributed by atoms with Crippen LogP contribution >= 0.6 is 27.5 Å². The molecule has 0 atom stereocenters. The van der Waals surface area contributed by atoms with Crippen LogP contribution in [0.2, 0.25) is 5.15 Å². The molecular formula is C12H7BrClN3O2S. The highest BCUT2D eigenvalue weighted by Crippen LogP contribution is 2.24. The lowest BCUT2D eigenvalue weighted by molar-refractivity contribution is 0.601. The Morgan fingerprint density at radius 1 is 1.30 bits per heavy atom. The number of sulfonamides is 1. The number of nitriles is 1. The Hall–Kier alpha value is -1.62. The second-order valence-corrected chi connectivity index (χ2v) is 6.71. The van der Waals surface area contributed by atoms with Crippen LogP contribution in [0, 0.1) is 11.3 Å². The molecule has 0 spiro atoms. The van der Waals surface area contributed by atoms with E-state index in [4.69, 9.17) is 16.9 Å². The van der Waals surface area contributed by atoms with E-state index in [-0.39, 0.29) is 21.3 Å². The van der Waals surface area contributed by atoms with Crippen molar-refractivity contribution in [2.24, 2.45) is 0 Å². The molecule has 1 aromatic carbocycles. The van der Waals surface area contributed by atoms with Gasteiger partial charge in [0.2, 0.25) is 0 Å². The first kappa shape index (κ1) is 14.8. The normalized spacial score (nSPS) is 10.8. The van der Waals surface area contributed by atoms with Crippen molar-refractivity contribution in [2.45, 2.75) is 4.90 Å². The molecule has 2 aromatic rings. The molecule has 0 aliphatic rings. The molecule has 0 saturated carbocycles. The molecule has 20 heavy (non-hydrogen) atoms. The summed E-state index contributed by atoms with van der Waals surface area (Å²) >= 11 is 8.84. The zero-order chi connectivity index (χ0) is 14.8. The van der Waals surface area contributed by atoms with Gasteiger partial charge in [0.05, 0.1) is 11.3 Å². The zero-order valence-corrected chi connectivity index (χ0v) is 13.0. The maximum absolute atomic E-state index is 12.2. The van der Waals surface area contributed by atoms with Crippen LogP contribution in [0.25, 0.3) is 0 Å². The minimum atomic E-state index is -3.82. The molecule has 2 rings (SSSR count). The molecule has 0 saturated heterocycles. The van der Waals surface area contributed by atoms with Crippen LogP contribution in [0.3, 0.4) is 0 Å². The van der Waals surface area contributed by atoms with Crippen LogP contribution in [0.5, 0.6) is 0 Å². The topological polar surface area (TPSA) is 82.9 Å². The van der Waals surface area contributed by atoms with Crippen molar-refractivity contribution in [1.29, 1.82) is 5.26 Å². The van der Waals surface area contributed by atoms with Crippen LogP contribution in [0.4, 0.5) is 5.69 Å². The molecule has 0 radical (unpaired) electrons. The Morgan fingerprint density at radius 3 is 2.65 bits per heavy atom. The van der Waals surface area contributed by atoms with Gasteiger partial charge in [0, 0.05) is 10.7 Å². The van der Waals surface area contributed by atoms with Gasteiger partial charge in [0.1, 0.15) is 16.1 Å². The summed E-state index contributed by atoms with van der Waals surface area (Å²) in [6, 6.07) is 9.32. The summed E-state index contributed by atoms with van der Waals surface area (Å²) in [6.07, 6.45) is 1.15. The Balaban J connectivity index is 2.41. The number of halogens is 2. The summed E-state index contributed by atoms with van der Waals surface area (Å²) in [5.74, 6) is 0. The summed E-state index contributed by atoms with van der Waals surface area (Å²) in [7, 11) is -3.82. The first-order valence-electron chi connectivity index (χ1n) is 5.26. The molecule has 1 N–H and O–H groups in total. The maximum atomic E-state index is 12.2. The Bertz CT molecular complexity index is 785.